The molecule has 7 heteroatoms. The number of allylic oxidation sites excluding steroid dienone is 2. The van der Waals surface area contributed by atoms with Gasteiger partial charge in [-0.25, -0.2) is 8.78 Å². The second kappa shape index (κ2) is 9.12. The number of rotatable bonds is 5. The van der Waals surface area contributed by atoms with Crippen molar-refractivity contribution in [2.45, 2.75) is 96.4 Å². The Morgan fingerprint density at radius 3 is 2.61 bits per heavy atom. The van der Waals surface area contributed by atoms with Crippen molar-refractivity contribution in [1.29, 1.82) is 0 Å². The smallest absolute Gasteiger partial charge is 0.279 e. The third-order valence-corrected chi connectivity index (χ3v) is 11.3. The average molecular weight is 559 g/mol. The molecule has 8 rings (SSSR count). The molecule has 0 bridgehead atoms. The number of alkyl halides is 2. The summed E-state index contributed by atoms with van der Waals surface area (Å²) in [7, 11) is 0. The average Bonchev–Trinajstić information content (AvgIpc) is 3.81. The van der Waals surface area contributed by atoms with Gasteiger partial charge in [0.25, 0.3) is 18.4 Å². The number of fused-ring (bicyclic) bond motifs is 3. The zero-order valence-corrected chi connectivity index (χ0v) is 24.6. The molecule has 2 aromatic rings. The summed E-state index contributed by atoms with van der Waals surface area (Å²) >= 11 is 0. The molecule has 1 aromatic heterocycles. The summed E-state index contributed by atoms with van der Waals surface area (Å²) in [5, 5.41) is 8.89. The van der Waals surface area contributed by atoms with E-state index in [9.17, 15) is 8.78 Å². The Morgan fingerprint density at radius 2 is 1.93 bits per heavy atom. The van der Waals surface area contributed by atoms with Crippen molar-refractivity contribution in [3.05, 3.63) is 51.7 Å². The fourth-order valence-corrected chi connectivity index (χ4v) is 8.73. The van der Waals surface area contributed by atoms with E-state index in [0.29, 0.717) is 17.9 Å². The van der Waals surface area contributed by atoms with Crippen LogP contribution in [0.2, 0.25) is 0 Å². The molecule has 2 saturated carbocycles. The lowest BCUT2D eigenvalue weighted by atomic mass is 9.76. The van der Waals surface area contributed by atoms with Gasteiger partial charge < -0.3 is 10.2 Å². The van der Waals surface area contributed by atoms with E-state index in [1.165, 1.54) is 17.7 Å². The zero-order valence-electron chi connectivity index (χ0n) is 24.6. The fourth-order valence-electron chi connectivity index (χ4n) is 8.73. The Kier molecular flexibility index (Phi) is 5.76. The SMILES string of the molecule is CC1=[N+]=CC(C)(c2cc3c(cc2C(F)F)N(c2nn(C4CCNCC4)c4c2C/C(=C/C2(C)C5CC52)CC4)CCC3)C1. The molecule has 3 aliphatic heterocycles. The number of hydrogen-bond donors (Lipinski definition) is 1. The first kappa shape index (κ1) is 25.9. The summed E-state index contributed by atoms with van der Waals surface area (Å²) < 4.78 is 36.3. The molecule has 5 nitrogen and oxygen atoms in total. The van der Waals surface area contributed by atoms with Crippen LogP contribution in [0.4, 0.5) is 20.3 Å². The van der Waals surface area contributed by atoms with Crippen molar-refractivity contribution in [3.8, 4) is 0 Å². The van der Waals surface area contributed by atoms with Crippen LogP contribution in [0.3, 0.4) is 0 Å². The molecule has 0 radical (unpaired) electrons. The van der Waals surface area contributed by atoms with Crippen LogP contribution in [0.5, 0.6) is 0 Å². The van der Waals surface area contributed by atoms with E-state index >= 15 is 0 Å². The maximum absolute atomic E-state index is 14.7. The second-order valence-electron chi connectivity index (χ2n) is 14.2. The molecule has 1 aromatic carbocycles. The molecule has 1 saturated heterocycles. The number of nitrogens with zero attached hydrogens (tertiary/aromatic N) is 4. The van der Waals surface area contributed by atoms with Gasteiger partial charge in [0.05, 0.1) is 17.9 Å². The molecule has 0 amide bonds. The molecule has 0 spiro atoms. The molecule has 4 heterocycles. The van der Waals surface area contributed by atoms with Crippen LogP contribution in [-0.4, -0.2) is 41.3 Å². The molecule has 3 aliphatic carbocycles. The third-order valence-electron chi connectivity index (χ3n) is 11.3. The van der Waals surface area contributed by atoms with Gasteiger partial charge in [-0.1, -0.05) is 24.6 Å². The van der Waals surface area contributed by atoms with Gasteiger partial charge in [0.1, 0.15) is 0 Å². The molecule has 216 valence electrons. The van der Waals surface area contributed by atoms with Crippen molar-refractivity contribution >= 4 is 23.4 Å². The lowest BCUT2D eigenvalue weighted by molar-refractivity contribution is 0.149. The van der Waals surface area contributed by atoms with E-state index in [1.807, 2.05) is 13.1 Å². The lowest BCUT2D eigenvalue weighted by Crippen LogP contribution is -2.31. The maximum atomic E-state index is 14.7. The molecule has 3 atom stereocenters. The molecule has 6 aliphatic rings. The number of piperidine rings is 1. The number of nitrogens with one attached hydrogen (secondary N) is 1. The third kappa shape index (κ3) is 4.10. The van der Waals surface area contributed by atoms with Gasteiger partial charge in [0, 0.05) is 36.0 Å². The van der Waals surface area contributed by atoms with E-state index in [4.69, 9.17) is 5.10 Å². The predicted molar refractivity (Wildman–Crippen MR) is 161 cm³/mol. The maximum Gasteiger partial charge on any atom is 0.279 e. The van der Waals surface area contributed by atoms with Crippen molar-refractivity contribution in [2.75, 3.05) is 24.5 Å². The molecule has 3 unspecified atom stereocenters. The van der Waals surface area contributed by atoms with Crippen LogP contribution in [0.25, 0.3) is 0 Å². The van der Waals surface area contributed by atoms with Gasteiger partial charge in [0.2, 0.25) is 0 Å². The van der Waals surface area contributed by atoms with Crippen LogP contribution >= 0.6 is 0 Å². The highest BCUT2D eigenvalue weighted by molar-refractivity contribution is 5.95. The van der Waals surface area contributed by atoms with Gasteiger partial charge in [-0.05, 0) is 106 Å². The van der Waals surface area contributed by atoms with Gasteiger partial charge in [-0.2, -0.15) is 5.10 Å². The lowest BCUT2D eigenvalue weighted by Gasteiger charge is -2.33. The highest BCUT2D eigenvalue weighted by Crippen LogP contribution is 2.78. The normalized spacial score (nSPS) is 33.2. The molecular weight excluding hydrogens is 516 g/mol. The Morgan fingerprint density at radius 1 is 1.12 bits per heavy atom. The first-order valence-electron chi connectivity index (χ1n) is 15.9. The van der Waals surface area contributed by atoms with E-state index in [-0.39, 0.29) is 5.56 Å². The Balaban J connectivity index is 1.22. The van der Waals surface area contributed by atoms with Crippen LogP contribution < -0.4 is 14.9 Å². The number of hydrogen-bond acceptors (Lipinski definition) is 3. The van der Waals surface area contributed by atoms with E-state index in [2.05, 4.69) is 45.6 Å². The van der Waals surface area contributed by atoms with E-state index in [1.54, 1.807) is 11.6 Å². The Labute approximate surface area is 241 Å². The molecular formula is C34H42F2N5+. The summed E-state index contributed by atoms with van der Waals surface area (Å²) in [4.78, 5) is 2.30. The van der Waals surface area contributed by atoms with Crippen LogP contribution in [0.15, 0.2) is 23.8 Å². The quantitative estimate of drug-likeness (QED) is 0.353. The van der Waals surface area contributed by atoms with Crippen molar-refractivity contribution < 1.29 is 8.78 Å². The molecule has 41 heavy (non-hydrogen) atoms. The van der Waals surface area contributed by atoms with Crippen LogP contribution in [0.1, 0.15) is 99.7 Å². The number of aryl methyl sites for hydroxylation is 1. The summed E-state index contributed by atoms with van der Waals surface area (Å²) in [5.41, 5.74) is 8.20. The zero-order chi connectivity index (χ0) is 28.1. The van der Waals surface area contributed by atoms with Gasteiger partial charge in [0.15, 0.2) is 5.82 Å². The topological polar surface area (TPSA) is 47.2 Å². The minimum absolute atomic E-state index is 0.146. The first-order valence-corrected chi connectivity index (χ1v) is 15.9. The largest absolute Gasteiger partial charge is 0.324 e. The second-order valence-corrected chi connectivity index (χ2v) is 14.2. The number of benzene rings is 1. The standard InChI is InChI=1S/C34H42F2N5/c1-20-17-33(2,19-38-20)26-14-22-5-4-12-40(30(22)15-24(26)31(35)36)32-25-13-21(18-34(3)27-16-28(27)34)6-7-29(25)41(39-32)23-8-10-37-11-9-23/h14-15,18-19,23,27-28,31,37H,4-13,16-17H2,1-3H3/q+1/b21-18+. The molecule has 3 fully saturated rings. The highest BCUT2D eigenvalue weighted by Gasteiger charge is 2.72. The fraction of sp³-hybridized carbons (Fsp3) is 0.618. The monoisotopic (exact) mass is 558 g/mol. The molecule has 1 N–H and O–H groups in total. The highest BCUT2D eigenvalue weighted by atomic mass is 19.3. The van der Waals surface area contributed by atoms with Crippen molar-refractivity contribution in [3.63, 3.8) is 0 Å². The summed E-state index contributed by atoms with van der Waals surface area (Å²) in [5.74, 6) is 2.84. The summed E-state index contributed by atoms with van der Waals surface area (Å²) in [6, 6.07) is 4.28. The van der Waals surface area contributed by atoms with E-state index < -0.39 is 11.8 Å². The summed E-state index contributed by atoms with van der Waals surface area (Å²) in [6.07, 6.45) is 11.2. The minimum atomic E-state index is -2.54. The van der Waals surface area contributed by atoms with Gasteiger partial charge in [-0.15, -0.1) is 4.67 Å². The Bertz CT molecular complexity index is 1510. The minimum Gasteiger partial charge on any atom is -0.324 e. The Hall–Kier alpha value is -2.76. The summed E-state index contributed by atoms with van der Waals surface area (Å²) in [6.45, 7) is 9.33. The number of anilines is 2. The van der Waals surface area contributed by atoms with Gasteiger partial charge in [-0.3, -0.25) is 4.68 Å². The first-order chi connectivity index (χ1) is 19.7. The van der Waals surface area contributed by atoms with Crippen molar-refractivity contribution in [1.82, 2.24) is 19.8 Å². The number of halogens is 2. The number of aromatic nitrogens is 2. The van der Waals surface area contributed by atoms with Gasteiger partial charge >= 0.3 is 0 Å². The van der Waals surface area contributed by atoms with E-state index in [0.717, 1.165) is 105 Å². The predicted octanol–water partition coefficient (Wildman–Crippen LogP) is 6.16. The van der Waals surface area contributed by atoms with Crippen molar-refractivity contribution in [2.24, 2.45) is 17.3 Å². The van der Waals surface area contributed by atoms with Crippen LogP contribution in [0, 0.1) is 17.3 Å². The van der Waals surface area contributed by atoms with Crippen LogP contribution in [-0.2, 0) is 24.7 Å².